The average molecular weight is 512 g/mol. The van der Waals surface area contributed by atoms with E-state index >= 15 is 0 Å². The molecule has 0 amide bonds. The molecule has 196 valence electrons. The Balaban J connectivity index is 1.39. The fourth-order valence-corrected chi connectivity index (χ4v) is 5.22. The summed E-state index contributed by atoms with van der Waals surface area (Å²) in [6.07, 6.45) is 9.15. The molecule has 0 saturated carbocycles. The highest BCUT2D eigenvalue weighted by molar-refractivity contribution is 6.00. The molecule has 1 atom stereocenters. The number of aromatic amines is 1. The predicted octanol–water partition coefficient (Wildman–Crippen LogP) is 4.73. The molecular formula is C28H33N9O. The van der Waals surface area contributed by atoms with Crippen LogP contribution in [0.2, 0.25) is 0 Å². The summed E-state index contributed by atoms with van der Waals surface area (Å²) >= 11 is 0. The van der Waals surface area contributed by atoms with Gasteiger partial charge in [-0.25, -0.2) is 19.9 Å². The second-order valence-corrected chi connectivity index (χ2v) is 10.3. The number of aromatic nitrogens is 7. The molecular weight excluding hydrogens is 478 g/mol. The van der Waals surface area contributed by atoms with Gasteiger partial charge >= 0.3 is 0 Å². The minimum atomic E-state index is -0.138. The highest BCUT2D eigenvalue weighted by atomic mass is 16.5. The van der Waals surface area contributed by atoms with E-state index in [9.17, 15) is 0 Å². The molecule has 5 aromatic rings. The van der Waals surface area contributed by atoms with Crippen LogP contribution in [0.1, 0.15) is 45.3 Å². The van der Waals surface area contributed by atoms with Crippen molar-refractivity contribution in [3.8, 4) is 17.0 Å². The Labute approximate surface area is 221 Å². The molecule has 0 unspecified atom stereocenters. The molecule has 2 N–H and O–H groups in total. The summed E-state index contributed by atoms with van der Waals surface area (Å²) in [6.45, 7) is 8.64. The lowest BCUT2D eigenvalue weighted by Crippen LogP contribution is -2.41. The van der Waals surface area contributed by atoms with E-state index in [4.69, 9.17) is 9.72 Å². The second-order valence-electron chi connectivity index (χ2n) is 10.3. The van der Waals surface area contributed by atoms with Gasteiger partial charge in [-0.2, -0.15) is 5.10 Å². The number of rotatable bonds is 7. The first-order valence-electron chi connectivity index (χ1n) is 13.2. The standard InChI is InChI=1S/C28H33N9O/c1-17(2)37-10-8-21(9-11-37)38-28-24-19(6-5-7-22(24)20-13-33-36(4)14-20)12-23(35-28)18(3)34-27-25-26(30-15-29-25)31-16-32-27/h5-7,12-18,21H,8-11H2,1-4H3,(H2,29,30,31,32,34)/t18-/m0/s1. The summed E-state index contributed by atoms with van der Waals surface area (Å²) in [5, 5.41) is 9.97. The van der Waals surface area contributed by atoms with Gasteiger partial charge in [0.25, 0.3) is 0 Å². The van der Waals surface area contributed by atoms with E-state index in [1.165, 1.54) is 6.33 Å². The molecule has 1 fully saturated rings. The Bertz CT molecular complexity index is 1570. The number of benzene rings is 1. The Morgan fingerprint density at radius 3 is 2.71 bits per heavy atom. The van der Waals surface area contributed by atoms with Gasteiger partial charge in [0, 0.05) is 37.9 Å². The highest BCUT2D eigenvalue weighted by Crippen LogP contribution is 2.37. The zero-order valence-corrected chi connectivity index (χ0v) is 22.2. The first-order valence-corrected chi connectivity index (χ1v) is 13.2. The van der Waals surface area contributed by atoms with Gasteiger partial charge in [0.2, 0.25) is 5.88 Å². The number of H-pyrrole nitrogens is 1. The number of nitrogens with one attached hydrogen (secondary N) is 2. The first-order chi connectivity index (χ1) is 18.5. The molecule has 1 aliphatic rings. The topological polar surface area (TPSA) is 110 Å². The Hall–Kier alpha value is -4.05. The molecule has 10 heteroatoms. The van der Waals surface area contributed by atoms with Crippen molar-refractivity contribution in [1.29, 1.82) is 0 Å². The number of likely N-dealkylation sites (tertiary alicyclic amines) is 1. The van der Waals surface area contributed by atoms with Gasteiger partial charge in [-0.05, 0) is 50.6 Å². The van der Waals surface area contributed by atoms with E-state index in [0.29, 0.717) is 28.9 Å². The Kier molecular flexibility index (Phi) is 6.40. The minimum Gasteiger partial charge on any atom is -0.474 e. The van der Waals surface area contributed by atoms with E-state index < -0.39 is 0 Å². The van der Waals surface area contributed by atoms with Gasteiger partial charge in [-0.3, -0.25) is 4.68 Å². The van der Waals surface area contributed by atoms with Crippen LogP contribution in [-0.4, -0.2) is 64.8 Å². The normalized spacial score (nSPS) is 15.9. The van der Waals surface area contributed by atoms with Crippen LogP contribution in [0.3, 0.4) is 0 Å². The van der Waals surface area contributed by atoms with Gasteiger partial charge in [-0.15, -0.1) is 0 Å². The minimum absolute atomic E-state index is 0.117. The molecule has 5 heterocycles. The monoisotopic (exact) mass is 511 g/mol. The van der Waals surface area contributed by atoms with Crippen molar-refractivity contribution in [3.63, 3.8) is 0 Å². The molecule has 6 rings (SSSR count). The maximum Gasteiger partial charge on any atom is 0.222 e. The van der Waals surface area contributed by atoms with Crippen LogP contribution in [-0.2, 0) is 7.05 Å². The van der Waals surface area contributed by atoms with E-state index in [0.717, 1.165) is 53.5 Å². The molecule has 4 aromatic heterocycles. The van der Waals surface area contributed by atoms with Crippen LogP contribution in [0, 0.1) is 0 Å². The lowest BCUT2D eigenvalue weighted by atomic mass is 10.00. The number of hydrogen-bond acceptors (Lipinski definition) is 8. The van der Waals surface area contributed by atoms with E-state index in [2.05, 4.69) is 80.3 Å². The zero-order valence-electron chi connectivity index (χ0n) is 22.2. The van der Waals surface area contributed by atoms with Gasteiger partial charge in [-0.1, -0.05) is 18.2 Å². The number of piperidine rings is 1. The first kappa shape index (κ1) is 24.3. The van der Waals surface area contributed by atoms with Crippen molar-refractivity contribution in [2.24, 2.45) is 7.05 Å². The largest absolute Gasteiger partial charge is 0.474 e. The summed E-state index contributed by atoms with van der Waals surface area (Å²) in [7, 11) is 1.93. The van der Waals surface area contributed by atoms with E-state index in [1.54, 1.807) is 6.33 Å². The summed E-state index contributed by atoms with van der Waals surface area (Å²) in [6, 6.07) is 8.86. The zero-order chi connectivity index (χ0) is 26.2. The van der Waals surface area contributed by atoms with Crippen LogP contribution in [0.15, 0.2) is 49.3 Å². The van der Waals surface area contributed by atoms with Crippen LogP contribution in [0.4, 0.5) is 5.82 Å². The molecule has 0 radical (unpaired) electrons. The maximum atomic E-state index is 6.73. The number of pyridine rings is 1. The van der Waals surface area contributed by atoms with Gasteiger partial charge in [0.15, 0.2) is 11.5 Å². The number of hydrogen-bond donors (Lipinski definition) is 2. The number of imidazole rings is 1. The molecule has 1 saturated heterocycles. The smallest absolute Gasteiger partial charge is 0.222 e. The number of ether oxygens (including phenoxy) is 1. The lowest BCUT2D eigenvalue weighted by Gasteiger charge is -2.34. The Morgan fingerprint density at radius 2 is 1.95 bits per heavy atom. The van der Waals surface area contributed by atoms with Crippen molar-refractivity contribution in [2.45, 2.75) is 51.8 Å². The van der Waals surface area contributed by atoms with Crippen LogP contribution < -0.4 is 10.1 Å². The number of aryl methyl sites for hydroxylation is 1. The fraction of sp³-hybridized carbons (Fsp3) is 0.393. The van der Waals surface area contributed by atoms with Crippen LogP contribution in [0.5, 0.6) is 5.88 Å². The third kappa shape index (κ3) is 4.67. The summed E-state index contributed by atoms with van der Waals surface area (Å²) < 4.78 is 8.55. The van der Waals surface area contributed by atoms with E-state index in [1.807, 2.05) is 24.1 Å². The molecule has 1 aliphatic heterocycles. The fourth-order valence-electron chi connectivity index (χ4n) is 5.22. The SMILES string of the molecule is CC(C)N1CCC(Oc2nc([C@H](C)Nc3ncnc4[nH]cnc34)cc3cccc(-c4cnn(C)c4)c23)CC1. The summed E-state index contributed by atoms with van der Waals surface area (Å²) in [5.41, 5.74) is 4.38. The average Bonchev–Trinajstić information content (AvgIpc) is 3.58. The van der Waals surface area contributed by atoms with Crippen molar-refractivity contribution in [1.82, 2.24) is 39.6 Å². The summed E-state index contributed by atoms with van der Waals surface area (Å²) in [5.74, 6) is 1.33. The molecule has 0 aliphatic carbocycles. The van der Waals surface area contributed by atoms with Gasteiger partial charge in [0.05, 0.1) is 29.6 Å². The van der Waals surface area contributed by atoms with Gasteiger partial charge in [0.1, 0.15) is 17.9 Å². The number of fused-ring (bicyclic) bond motifs is 2. The molecule has 0 spiro atoms. The van der Waals surface area contributed by atoms with Crippen molar-refractivity contribution in [3.05, 3.63) is 55.0 Å². The predicted molar refractivity (Wildman–Crippen MR) is 148 cm³/mol. The third-order valence-electron chi connectivity index (χ3n) is 7.36. The third-order valence-corrected chi connectivity index (χ3v) is 7.36. The second kappa shape index (κ2) is 10.0. The Morgan fingerprint density at radius 1 is 1.11 bits per heavy atom. The van der Waals surface area contributed by atoms with Crippen molar-refractivity contribution in [2.75, 3.05) is 18.4 Å². The van der Waals surface area contributed by atoms with Crippen molar-refractivity contribution < 1.29 is 4.74 Å². The van der Waals surface area contributed by atoms with Crippen LogP contribution in [0.25, 0.3) is 33.1 Å². The summed E-state index contributed by atoms with van der Waals surface area (Å²) in [4.78, 5) is 23.7. The maximum absolute atomic E-state index is 6.73. The molecule has 38 heavy (non-hydrogen) atoms. The molecule has 1 aromatic carbocycles. The number of nitrogens with zero attached hydrogens (tertiary/aromatic N) is 7. The van der Waals surface area contributed by atoms with Crippen molar-refractivity contribution >= 4 is 27.8 Å². The lowest BCUT2D eigenvalue weighted by molar-refractivity contribution is 0.0822. The van der Waals surface area contributed by atoms with Gasteiger partial charge < -0.3 is 19.9 Å². The van der Waals surface area contributed by atoms with Crippen LogP contribution >= 0.6 is 0 Å². The quantitative estimate of drug-likeness (QED) is 0.323. The molecule has 0 bridgehead atoms. The highest BCUT2D eigenvalue weighted by Gasteiger charge is 2.25. The number of anilines is 1. The molecule has 10 nitrogen and oxygen atoms in total. The van der Waals surface area contributed by atoms with E-state index in [-0.39, 0.29) is 12.1 Å².